The summed E-state index contributed by atoms with van der Waals surface area (Å²) in [5.41, 5.74) is 4.85. The minimum Gasteiger partial charge on any atom is -0.492 e. The fourth-order valence-corrected chi connectivity index (χ4v) is 2.96. The average molecular weight is 535 g/mol. The highest BCUT2D eigenvalue weighted by molar-refractivity contribution is 9.10. The summed E-state index contributed by atoms with van der Waals surface area (Å²) in [5, 5.41) is 3.27. The summed E-state index contributed by atoms with van der Waals surface area (Å²) in [6, 6.07) is 11.9. The van der Waals surface area contributed by atoms with Crippen LogP contribution < -0.4 is 25.6 Å². The molecular formula is C19H18BrCl2N3O4S. The van der Waals surface area contributed by atoms with E-state index in [-0.39, 0.29) is 24.0 Å². The molecule has 11 heteroatoms. The fourth-order valence-electron chi connectivity index (χ4n) is 2.07. The summed E-state index contributed by atoms with van der Waals surface area (Å²) in [6.45, 7) is 0.0747. The standard InChI is InChI=1S/C19H18BrCl2N3O4S/c20-12-3-6-14(7-4-12)29-11-18(27)23-19(30)25-24-17(26)2-1-9-28-16-8-5-13(21)10-15(16)22/h3-8,10H,1-2,9,11H2,(H,24,26)(H2,23,25,27,30). The van der Waals surface area contributed by atoms with Crippen LogP contribution in [0.5, 0.6) is 11.5 Å². The van der Waals surface area contributed by atoms with Gasteiger partial charge in [0.2, 0.25) is 5.91 Å². The molecule has 2 amide bonds. The molecule has 0 radical (unpaired) electrons. The SMILES string of the molecule is O=C(CCCOc1ccc(Cl)cc1Cl)NNC(=S)NC(=O)COc1ccc(Br)cc1. The topological polar surface area (TPSA) is 88.7 Å². The first-order chi connectivity index (χ1) is 14.3. The first-order valence-electron chi connectivity index (χ1n) is 8.68. The maximum Gasteiger partial charge on any atom is 0.264 e. The summed E-state index contributed by atoms with van der Waals surface area (Å²) >= 11 is 20.1. The first kappa shape index (κ1) is 24.2. The van der Waals surface area contributed by atoms with Crippen molar-refractivity contribution in [3.63, 3.8) is 0 Å². The zero-order valence-corrected chi connectivity index (χ0v) is 19.5. The molecule has 0 unspecified atom stereocenters. The number of amides is 2. The van der Waals surface area contributed by atoms with E-state index < -0.39 is 5.91 Å². The van der Waals surface area contributed by atoms with E-state index in [9.17, 15) is 9.59 Å². The van der Waals surface area contributed by atoms with Gasteiger partial charge in [-0.15, -0.1) is 0 Å². The second kappa shape index (κ2) is 12.6. The normalized spacial score (nSPS) is 10.1. The van der Waals surface area contributed by atoms with Crippen molar-refractivity contribution >= 4 is 68.3 Å². The van der Waals surface area contributed by atoms with Crippen LogP contribution in [0.3, 0.4) is 0 Å². The smallest absolute Gasteiger partial charge is 0.264 e. The second-order valence-corrected chi connectivity index (χ2v) is 7.99. The van der Waals surface area contributed by atoms with Gasteiger partial charge < -0.3 is 9.47 Å². The number of nitrogens with one attached hydrogen (secondary N) is 3. The van der Waals surface area contributed by atoms with Gasteiger partial charge in [0.1, 0.15) is 11.5 Å². The maximum atomic E-state index is 11.8. The van der Waals surface area contributed by atoms with E-state index in [2.05, 4.69) is 32.1 Å². The van der Waals surface area contributed by atoms with Crippen LogP contribution in [0.1, 0.15) is 12.8 Å². The van der Waals surface area contributed by atoms with Crippen molar-refractivity contribution in [2.75, 3.05) is 13.2 Å². The van der Waals surface area contributed by atoms with Gasteiger partial charge in [0, 0.05) is 15.9 Å². The summed E-state index contributed by atoms with van der Waals surface area (Å²) in [5.74, 6) is 0.262. The molecule has 0 saturated carbocycles. The lowest BCUT2D eigenvalue weighted by atomic mass is 10.3. The van der Waals surface area contributed by atoms with Crippen LogP contribution in [0.15, 0.2) is 46.9 Å². The molecule has 0 aliphatic heterocycles. The van der Waals surface area contributed by atoms with Gasteiger partial charge in [0.25, 0.3) is 5.91 Å². The molecule has 7 nitrogen and oxygen atoms in total. The molecule has 30 heavy (non-hydrogen) atoms. The van der Waals surface area contributed by atoms with Gasteiger partial charge in [0.15, 0.2) is 11.7 Å². The molecule has 0 saturated heterocycles. The van der Waals surface area contributed by atoms with Crippen LogP contribution in [0.25, 0.3) is 0 Å². The highest BCUT2D eigenvalue weighted by Crippen LogP contribution is 2.27. The number of carbonyl (C=O) groups is 2. The predicted molar refractivity (Wildman–Crippen MR) is 123 cm³/mol. The van der Waals surface area contributed by atoms with E-state index >= 15 is 0 Å². The van der Waals surface area contributed by atoms with E-state index in [0.717, 1.165) is 4.47 Å². The third-order valence-electron chi connectivity index (χ3n) is 3.45. The van der Waals surface area contributed by atoms with Gasteiger partial charge in [0.05, 0.1) is 11.6 Å². The van der Waals surface area contributed by atoms with Gasteiger partial charge in [-0.1, -0.05) is 39.1 Å². The van der Waals surface area contributed by atoms with Crippen molar-refractivity contribution in [3.05, 3.63) is 57.0 Å². The number of thiocarbonyl (C=S) groups is 1. The third-order valence-corrected chi connectivity index (χ3v) is 4.71. The number of hydrazine groups is 1. The number of hydrogen-bond acceptors (Lipinski definition) is 5. The zero-order chi connectivity index (χ0) is 21.9. The Bertz CT molecular complexity index is 900. The van der Waals surface area contributed by atoms with Gasteiger partial charge >= 0.3 is 0 Å². The molecule has 0 aliphatic carbocycles. The Labute approximate surface area is 197 Å². The van der Waals surface area contributed by atoms with Crippen LogP contribution in [-0.2, 0) is 9.59 Å². The highest BCUT2D eigenvalue weighted by atomic mass is 79.9. The molecule has 0 bridgehead atoms. The third kappa shape index (κ3) is 9.17. The Balaban J connectivity index is 1.57. The van der Waals surface area contributed by atoms with E-state index in [1.165, 1.54) is 0 Å². The molecule has 0 atom stereocenters. The first-order valence-corrected chi connectivity index (χ1v) is 10.6. The molecular weight excluding hydrogens is 517 g/mol. The number of hydrogen-bond donors (Lipinski definition) is 3. The molecule has 0 spiro atoms. The molecule has 0 fully saturated rings. The summed E-state index contributed by atoms with van der Waals surface area (Å²) < 4.78 is 11.7. The van der Waals surface area contributed by atoms with Gasteiger partial charge in [-0.05, 0) is 61.1 Å². The summed E-state index contributed by atoms with van der Waals surface area (Å²) in [7, 11) is 0. The van der Waals surface area contributed by atoms with Crippen LogP contribution in [0, 0.1) is 0 Å². The number of carbonyl (C=O) groups excluding carboxylic acids is 2. The molecule has 2 aromatic rings. The Morgan fingerprint density at radius 3 is 2.43 bits per heavy atom. The van der Waals surface area contributed by atoms with Crippen molar-refractivity contribution in [3.8, 4) is 11.5 Å². The molecule has 0 heterocycles. The van der Waals surface area contributed by atoms with Crippen molar-refractivity contribution in [1.29, 1.82) is 0 Å². The number of ether oxygens (including phenoxy) is 2. The van der Waals surface area contributed by atoms with Crippen molar-refractivity contribution in [2.24, 2.45) is 0 Å². The Hall–Kier alpha value is -2.07. The molecule has 2 aromatic carbocycles. The Morgan fingerprint density at radius 2 is 1.73 bits per heavy atom. The van der Waals surface area contributed by atoms with E-state index in [0.29, 0.717) is 34.6 Å². The van der Waals surface area contributed by atoms with Crippen LogP contribution in [0.4, 0.5) is 0 Å². The maximum absolute atomic E-state index is 11.8. The Kier molecular flexibility index (Phi) is 10.2. The monoisotopic (exact) mass is 533 g/mol. The molecule has 3 N–H and O–H groups in total. The summed E-state index contributed by atoms with van der Waals surface area (Å²) in [6.07, 6.45) is 0.633. The van der Waals surface area contributed by atoms with Gasteiger partial charge in [-0.25, -0.2) is 0 Å². The molecule has 160 valence electrons. The van der Waals surface area contributed by atoms with E-state index in [4.69, 9.17) is 44.9 Å². The van der Waals surface area contributed by atoms with Crippen LogP contribution in [-0.4, -0.2) is 30.1 Å². The Morgan fingerprint density at radius 1 is 1.00 bits per heavy atom. The van der Waals surface area contributed by atoms with Crippen molar-refractivity contribution in [2.45, 2.75) is 12.8 Å². The van der Waals surface area contributed by atoms with Crippen molar-refractivity contribution < 1.29 is 19.1 Å². The van der Waals surface area contributed by atoms with E-state index in [1.807, 2.05) is 0 Å². The zero-order valence-electron chi connectivity index (χ0n) is 15.5. The fraction of sp³-hybridized carbons (Fsp3) is 0.211. The summed E-state index contributed by atoms with van der Waals surface area (Å²) in [4.78, 5) is 23.6. The predicted octanol–water partition coefficient (Wildman–Crippen LogP) is 4.02. The van der Waals surface area contributed by atoms with Crippen LogP contribution in [0.2, 0.25) is 10.0 Å². The lowest BCUT2D eigenvalue weighted by molar-refractivity contribution is -0.123. The quantitative estimate of drug-likeness (QED) is 0.269. The average Bonchev–Trinajstić information content (AvgIpc) is 2.70. The largest absolute Gasteiger partial charge is 0.492 e. The highest BCUT2D eigenvalue weighted by Gasteiger charge is 2.08. The molecule has 0 aromatic heterocycles. The van der Waals surface area contributed by atoms with Crippen LogP contribution >= 0.6 is 51.3 Å². The van der Waals surface area contributed by atoms with Crippen molar-refractivity contribution in [1.82, 2.24) is 16.2 Å². The minimum absolute atomic E-state index is 0.0445. The minimum atomic E-state index is -0.460. The molecule has 0 aliphatic rings. The molecule has 2 rings (SSSR count). The van der Waals surface area contributed by atoms with Gasteiger partial charge in [-0.2, -0.15) is 0 Å². The van der Waals surface area contributed by atoms with E-state index in [1.54, 1.807) is 42.5 Å². The van der Waals surface area contributed by atoms with Gasteiger partial charge in [-0.3, -0.25) is 25.8 Å². The number of rotatable bonds is 8. The number of benzene rings is 2. The lowest BCUT2D eigenvalue weighted by Crippen LogP contribution is -2.49. The lowest BCUT2D eigenvalue weighted by Gasteiger charge is -2.12. The number of halogens is 3. The second-order valence-electron chi connectivity index (χ2n) is 5.82.